The van der Waals surface area contributed by atoms with Crippen molar-refractivity contribution in [2.24, 2.45) is 0 Å². The minimum atomic E-state index is 0.650. The number of halogens is 1. The summed E-state index contributed by atoms with van der Waals surface area (Å²) in [6, 6.07) is 12.0. The van der Waals surface area contributed by atoms with Crippen molar-refractivity contribution in [1.29, 1.82) is 0 Å². The number of furan rings is 1. The Morgan fingerprint density at radius 2 is 2.00 bits per heavy atom. The van der Waals surface area contributed by atoms with Crippen molar-refractivity contribution >= 4 is 21.6 Å². The van der Waals surface area contributed by atoms with Crippen molar-refractivity contribution in [3.8, 4) is 11.3 Å². The molecule has 3 aromatic rings. The van der Waals surface area contributed by atoms with E-state index in [0.29, 0.717) is 6.54 Å². The Morgan fingerprint density at radius 1 is 1.16 bits per heavy atom. The van der Waals surface area contributed by atoms with Crippen LogP contribution in [0, 0.1) is 0 Å². The summed E-state index contributed by atoms with van der Waals surface area (Å²) >= 11 is 3.43. The van der Waals surface area contributed by atoms with Crippen LogP contribution in [0.4, 0.5) is 5.69 Å². The smallest absolute Gasteiger partial charge is 0.136 e. The van der Waals surface area contributed by atoms with Gasteiger partial charge in [-0.25, -0.2) is 0 Å². The van der Waals surface area contributed by atoms with Gasteiger partial charge >= 0.3 is 0 Å². The van der Waals surface area contributed by atoms with Crippen molar-refractivity contribution in [1.82, 2.24) is 10.2 Å². The molecule has 19 heavy (non-hydrogen) atoms. The SMILES string of the molecule is Brc1ccoc1CNc1ccc(-c2ccn[nH]2)cc1. The van der Waals surface area contributed by atoms with Gasteiger partial charge in [0.25, 0.3) is 0 Å². The summed E-state index contributed by atoms with van der Waals surface area (Å²) in [6.07, 6.45) is 3.42. The van der Waals surface area contributed by atoms with Crippen LogP contribution in [0.3, 0.4) is 0 Å². The van der Waals surface area contributed by atoms with Gasteiger partial charge in [0, 0.05) is 11.9 Å². The summed E-state index contributed by atoms with van der Waals surface area (Å²) in [6.45, 7) is 0.650. The summed E-state index contributed by atoms with van der Waals surface area (Å²) < 4.78 is 6.33. The maximum absolute atomic E-state index is 5.35. The van der Waals surface area contributed by atoms with Crippen LogP contribution in [0.15, 0.2) is 57.7 Å². The standard InChI is InChI=1S/C14H12BrN3O/c15-12-6-8-19-14(12)9-16-11-3-1-10(2-4-11)13-5-7-17-18-13/h1-8,16H,9H2,(H,17,18). The molecule has 0 aliphatic heterocycles. The van der Waals surface area contributed by atoms with Crippen LogP contribution in [-0.4, -0.2) is 10.2 Å². The normalized spacial score (nSPS) is 10.6. The maximum Gasteiger partial charge on any atom is 0.136 e. The van der Waals surface area contributed by atoms with Gasteiger partial charge in [-0.15, -0.1) is 0 Å². The molecule has 0 aliphatic carbocycles. The van der Waals surface area contributed by atoms with Crippen molar-refractivity contribution in [2.45, 2.75) is 6.54 Å². The summed E-state index contributed by atoms with van der Waals surface area (Å²) in [5.74, 6) is 0.887. The first-order chi connectivity index (χ1) is 9.33. The van der Waals surface area contributed by atoms with E-state index in [9.17, 15) is 0 Å². The summed E-state index contributed by atoms with van der Waals surface area (Å²) in [5, 5.41) is 10.2. The fraction of sp³-hybridized carbons (Fsp3) is 0.0714. The Balaban J connectivity index is 1.68. The highest BCUT2D eigenvalue weighted by molar-refractivity contribution is 9.10. The second-order valence-corrected chi connectivity index (χ2v) is 4.95. The number of aromatic amines is 1. The number of rotatable bonds is 4. The molecule has 0 atom stereocenters. The zero-order valence-corrected chi connectivity index (χ0v) is 11.6. The van der Waals surface area contributed by atoms with E-state index in [-0.39, 0.29) is 0 Å². The number of H-pyrrole nitrogens is 1. The fourth-order valence-electron chi connectivity index (χ4n) is 1.82. The lowest BCUT2D eigenvalue weighted by Crippen LogP contribution is -1.98. The van der Waals surface area contributed by atoms with Gasteiger partial charge in [-0.2, -0.15) is 5.10 Å². The molecule has 0 amide bonds. The van der Waals surface area contributed by atoms with Crippen LogP contribution >= 0.6 is 15.9 Å². The topological polar surface area (TPSA) is 53.9 Å². The van der Waals surface area contributed by atoms with Gasteiger partial charge < -0.3 is 9.73 Å². The minimum absolute atomic E-state index is 0.650. The molecule has 5 heteroatoms. The molecular weight excluding hydrogens is 306 g/mol. The number of hydrogen-bond acceptors (Lipinski definition) is 3. The number of anilines is 1. The molecule has 0 saturated heterocycles. The van der Waals surface area contributed by atoms with E-state index in [1.165, 1.54) is 0 Å². The summed E-state index contributed by atoms with van der Waals surface area (Å²) in [5.41, 5.74) is 3.18. The number of aromatic nitrogens is 2. The average Bonchev–Trinajstić information content (AvgIpc) is 3.09. The van der Waals surface area contributed by atoms with E-state index in [0.717, 1.165) is 27.2 Å². The maximum atomic E-state index is 5.35. The van der Waals surface area contributed by atoms with E-state index in [4.69, 9.17) is 4.42 Å². The van der Waals surface area contributed by atoms with Gasteiger partial charge in [-0.05, 0) is 45.8 Å². The Labute approximate surface area is 119 Å². The molecule has 96 valence electrons. The quantitative estimate of drug-likeness (QED) is 0.763. The highest BCUT2D eigenvalue weighted by Crippen LogP contribution is 2.21. The Hall–Kier alpha value is -2.01. The van der Waals surface area contributed by atoms with Gasteiger partial charge in [-0.3, -0.25) is 5.10 Å². The van der Waals surface area contributed by atoms with Crippen molar-refractivity contribution in [3.63, 3.8) is 0 Å². The third-order valence-electron chi connectivity index (χ3n) is 2.84. The van der Waals surface area contributed by atoms with E-state index >= 15 is 0 Å². The second kappa shape index (κ2) is 5.32. The molecule has 2 N–H and O–H groups in total. The van der Waals surface area contributed by atoms with Crippen LogP contribution in [0.5, 0.6) is 0 Å². The van der Waals surface area contributed by atoms with E-state index < -0.39 is 0 Å². The zero-order chi connectivity index (χ0) is 13.1. The molecule has 0 radical (unpaired) electrons. The van der Waals surface area contributed by atoms with Crippen molar-refractivity contribution in [2.75, 3.05) is 5.32 Å². The Bertz CT molecular complexity index is 644. The fourth-order valence-corrected chi connectivity index (χ4v) is 2.16. The van der Waals surface area contributed by atoms with Crippen LogP contribution < -0.4 is 5.32 Å². The van der Waals surface area contributed by atoms with Crippen LogP contribution in [-0.2, 0) is 6.54 Å². The molecule has 0 saturated carbocycles. The lowest BCUT2D eigenvalue weighted by Gasteiger charge is -2.05. The zero-order valence-electron chi connectivity index (χ0n) is 10.1. The predicted molar refractivity (Wildman–Crippen MR) is 77.8 cm³/mol. The van der Waals surface area contributed by atoms with E-state index in [1.54, 1.807) is 12.5 Å². The molecule has 0 bridgehead atoms. The molecule has 3 rings (SSSR count). The Morgan fingerprint density at radius 3 is 2.63 bits per heavy atom. The van der Waals surface area contributed by atoms with Gasteiger partial charge in [0.15, 0.2) is 0 Å². The van der Waals surface area contributed by atoms with Gasteiger partial charge in [-0.1, -0.05) is 12.1 Å². The third kappa shape index (κ3) is 2.71. The lowest BCUT2D eigenvalue weighted by atomic mass is 10.1. The highest BCUT2D eigenvalue weighted by Gasteiger charge is 2.03. The molecule has 0 aliphatic rings. The van der Waals surface area contributed by atoms with Gasteiger partial charge in [0.05, 0.1) is 23.0 Å². The first kappa shape index (κ1) is 12.0. The van der Waals surface area contributed by atoms with Gasteiger partial charge in [0.1, 0.15) is 5.76 Å². The van der Waals surface area contributed by atoms with Crippen LogP contribution in [0.1, 0.15) is 5.76 Å². The Kier molecular flexibility index (Phi) is 3.37. The van der Waals surface area contributed by atoms with E-state index in [2.05, 4.69) is 31.4 Å². The molecular formula is C14H12BrN3O. The van der Waals surface area contributed by atoms with Crippen molar-refractivity contribution in [3.05, 3.63) is 59.1 Å². The molecule has 4 nitrogen and oxygen atoms in total. The van der Waals surface area contributed by atoms with Gasteiger partial charge in [0.2, 0.25) is 0 Å². The molecule has 1 aromatic carbocycles. The molecule has 0 spiro atoms. The number of benzene rings is 1. The van der Waals surface area contributed by atoms with E-state index in [1.807, 2.05) is 36.4 Å². The second-order valence-electron chi connectivity index (χ2n) is 4.09. The minimum Gasteiger partial charge on any atom is -0.466 e. The molecule has 0 fully saturated rings. The lowest BCUT2D eigenvalue weighted by molar-refractivity contribution is 0.516. The number of nitrogens with zero attached hydrogens (tertiary/aromatic N) is 1. The molecule has 2 heterocycles. The summed E-state index contributed by atoms with van der Waals surface area (Å²) in [7, 11) is 0. The average molecular weight is 318 g/mol. The third-order valence-corrected chi connectivity index (χ3v) is 3.55. The van der Waals surface area contributed by atoms with Crippen molar-refractivity contribution < 1.29 is 4.42 Å². The number of hydrogen-bond donors (Lipinski definition) is 2. The van der Waals surface area contributed by atoms with Crippen LogP contribution in [0.25, 0.3) is 11.3 Å². The highest BCUT2D eigenvalue weighted by atomic mass is 79.9. The largest absolute Gasteiger partial charge is 0.466 e. The first-order valence-corrected chi connectivity index (χ1v) is 6.68. The molecule has 0 unspecified atom stereocenters. The first-order valence-electron chi connectivity index (χ1n) is 5.88. The number of nitrogens with one attached hydrogen (secondary N) is 2. The predicted octanol–water partition coefficient (Wildman–Crippen LogP) is 4.04. The van der Waals surface area contributed by atoms with Crippen LogP contribution in [0.2, 0.25) is 0 Å². The monoisotopic (exact) mass is 317 g/mol. The summed E-state index contributed by atoms with van der Waals surface area (Å²) in [4.78, 5) is 0. The molecule has 2 aromatic heterocycles.